The Labute approximate surface area is 130 Å². The molecule has 0 saturated heterocycles. The van der Waals surface area contributed by atoms with Gasteiger partial charge >= 0.3 is 0 Å². The maximum Gasteiger partial charge on any atom is 0.119 e. The van der Waals surface area contributed by atoms with Crippen LogP contribution in [0.3, 0.4) is 0 Å². The average Bonchev–Trinajstić information content (AvgIpc) is 2.55. The molecule has 0 N–H and O–H groups in total. The fourth-order valence-corrected chi connectivity index (χ4v) is 1.92. The van der Waals surface area contributed by atoms with Crippen LogP contribution in [0, 0.1) is 11.8 Å². The number of rotatable bonds is 5. The maximum absolute atomic E-state index is 5.72. The molecular weight excluding hydrogens is 284 g/mol. The van der Waals surface area contributed by atoms with Crippen molar-refractivity contribution in [3.63, 3.8) is 0 Å². The van der Waals surface area contributed by atoms with Gasteiger partial charge in [0.1, 0.15) is 11.5 Å². The first kappa shape index (κ1) is 15.3. The Kier molecular flexibility index (Phi) is 5.99. The van der Waals surface area contributed by atoms with E-state index in [0.717, 1.165) is 23.5 Å². The molecule has 3 heteroatoms. The highest BCUT2D eigenvalue weighted by Gasteiger charge is 1.97. The van der Waals surface area contributed by atoms with Gasteiger partial charge in [-0.25, -0.2) is 0 Å². The third-order valence-corrected chi connectivity index (χ3v) is 3.11. The van der Waals surface area contributed by atoms with Gasteiger partial charge in [0.15, 0.2) is 0 Å². The third kappa shape index (κ3) is 5.06. The third-order valence-electron chi connectivity index (χ3n) is 2.97. The number of methoxy groups -OCH3 is 1. The molecule has 0 aliphatic heterocycles. The van der Waals surface area contributed by atoms with E-state index < -0.39 is 0 Å². The summed E-state index contributed by atoms with van der Waals surface area (Å²) < 4.78 is 10.9. The van der Waals surface area contributed by atoms with Gasteiger partial charge in [0.2, 0.25) is 0 Å². The van der Waals surface area contributed by atoms with Crippen LogP contribution in [-0.4, -0.2) is 19.6 Å². The zero-order valence-electron chi connectivity index (χ0n) is 11.9. The molecule has 2 aromatic carbocycles. The van der Waals surface area contributed by atoms with Crippen molar-refractivity contribution < 1.29 is 9.47 Å². The van der Waals surface area contributed by atoms with Crippen molar-refractivity contribution in [1.29, 1.82) is 0 Å². The summed E-state index contributed by atoms with van der Waals surface area (Å²) in [5.41, 5.74) is 2.17. The minimum absolute atomic E-state index is 0.347. The lowest BCUT2D eigenvalue weighted by Gasteiger charge is -2.07. The van der Waals surface area contributed by atoms with Gasteiger partial charge in [-0.2, -0.15) is 0 Å². The summed E-state index contributed by atoms with van der Waals surface area (Å²) in [7, 11) is 1.67. The van der Waals surface area contributed by atoms with Crippen LogP contribution in [0.5, 0.6) is 11.5 Å². The molecular formula is C18H17ClO2. The molecule has 0 aliphatic rings. The Balaban J connectivity index is 1.82. The molecule has 2 nitrogen and oxygen atoms in total. The van der Waals surface area contributed by atoms with Gasteiger partial charge in [-0.05, 0) is 42.0 Å². The van der Waals surface area contributed by atoms with Gasteiger partial charge in [-0.15, -0.1) is 11.6 Å². The number of hydrogen-bond acceptors (Lipinski definition) is 2. The van der Waals surface area contributed by atoms with Crippen molar-refractivity contribution in [3.05, 3.63) is 59.7 Å². The first-order chi connectivity index (χ1) is 10.3. The van der Waals surface area contributed by atoms with Crippen molar-refractivity contribution in [3.8, 4) is 23.3 Å². The molecule has 0 fully saturated rings. The summed E-state index contributed by atoms with van der Waals surface area (Å²) in [6, 6.07) is 15.7. The molecule has 2 aromatic rings. The molecule has 0 unspecified atom stereocenters. The largest absolute Gasteiger partial charge is 0.497 e. The normalized spacial score (nSPS) is 9.62. The van der Waals surface area contributed by atoms with E-state index in [9.17, 15) is 0 Å². The number of benzene rings is 2. The Morgan fingerprint density at radius 3 is 2.24 bits per heavy atom. The molecule has 0 atom stereocenters. The van der Waals surface area contributed by atoms with E-state index in [4.69, 9.17) is 21.1 Å². The van der Waals surface area contributed by atoms with E-state index >= 15 is 0 Å². The highest BCUT2D eigenvalue weighted by molar-refractivity contribution is 6.19. The van der Waals surface area contributed by atoms with Crippen molar-refractivity contribution in [1.82, 2.24) is 0 Å². The smallest absolute Gasteiger partial charge is 0.119 e. The van der Waals surface area contributed by atoms with Gasteiger partial charge in [0.25, 0.3) is 0 Å². The number of alkyl halides is 1. The molecule has 0 bridgehead atoms. The van der Waals surface area contributed by atoms with Crippen LogP contribution in [0.2, 0.25) is 0 Å². The highest BCUT2D eigenvalue weighted by atomic mass is 35.5. The lowest BCUT2D eigenvalue weighted by atomic mass is 10.1. The van der Waals surface area contributed by atoms with E-state index in [2.05, 4.69) is 11.8 Å². The second kappa shape index (κ2) is 8.24. The zero-order valence-corrected chi connectivity index (χ0v) is 12.7. The van der Waals surface area contributed by atoms with Crippen LogP contribution in [0.25, 0.3) is 0 Å². The van der Waals surface area contributed by atoms with Gasteiger partial charge in [-0.1, -0.05) is 24.0 Å². The first-order valence-corrected chi connectivity index (χ1v) is 7.26. The first-order valence-electron chi connectivity index (χ1n) is 6.72. The molecule has 0 saturated carbocycles. The summed E-state index contributed by atoms with van der Waals surface area (Å²) in [5.74, 6) is 7.85. The Hall–Kier alpha value is -2.11. The second-order valence-corrected chi connectivity index (χ2v) is 4.67. The Morgan fingerprint density at radius 2 is 1.62 bits per heavy atom. The SMILES string of the molecule is COc1ccc(CCOc2ccc(C#CCCl)cc2)cc1. The lowest BCUT2D eigenvalue weighted by molar-refractivity contribution is 0.322. The van der Waals surface area contributed by atoms with Crippen LogP contribution in [0.4, 0.5) is 0 Å². The summed E-state index contributed by atoms with van der Waals surface area (Å²) >= 11 is 5.52. The van der Waals surface area contributed by atoms with Gasteiger partial charge < -0.3 is 9.47 Å². The molecule has 0 aromatic heterocycles. The van der Waals surface area contributed by atoms with Crippen molar-refractivity contribution >= 4 is 11.6 Å². The number of ether oxygens (including phenoxy) is 2. The van der Waals surface area contributed by atoms with Crippen LogP contribution in [0.1, 0.15) is 11.1 Å². The molecule has 108 valence electrons. The molecule has 2 rings (SSSR count). The predicted octanol–water partition coefficient (Wildman–Crippen LogP) is 3.91. The van der Waals surface area contributed by atoms with E-state index in [0.29, 0.717) is 12.5 Å². The van der Waals surface area contributed by atoms with Crippen LogP contribution < -0.4 is 9.47 Å². The molecule has 0 amide bonds. The Morgan fingerprint density at radius 1 is 0.952 bits per heavy atom. The minimum atomic E-state index is 0.347. The standard InChI is InChI=1S/C18H17ClO2/c1-20-17-8-4-16(5-9-17)12-14-21-18-10-6-15(7-11-18)3-2-13-19/h4-11H,12-14H2,1H3. The highest BCUT2D eigenvalue weighted by Crippen LogP contribution is 2.14. The molecule has 0 spiro atoms. The van der Waals surface area contributed by atoms with Crippen molar-refractivity contribution in [2.75, 3.05) is 19.6 Å². The van der Waals surface area contributed by atoms with E-state index in [1.807, 2.05) is 48.5 Å². The monoisotopic (exact) mass is 300 g/mol. The van der Waals surface area contributed by atoms with Gasteiger partial charge in [0.05, 0.1) is 19.6 Å². The van der Waals surface area contributed by atoms with Crippen molar-refractivity contribution in [2.45, 2.75) is 6.42 Å². The number of hydrogen-bond donors (Lipinski definition) is 0. The average molecular weight is 301 g/mol. The summed E-state index contributed by atoms with van der Waals surface area (Å²) in [4.78, 5) is 0. The molecule has 0 heterocycles. The molecule has 0 aliphatic carbocycles. The predicted molar refractivity (Wildman–Crippen MR) is 86.2 cm³/mol. The minimum Gasteiger partial charge on any atom is -0.497 e. The van der Waals surface area contributed by atoms with Crippen LogP contribution in [0.15, 0.2) is 48.5 Å². The summed E-state index contributed by atoms with van der Waals surface area (Å²) in [6.07, 6.45) is 0.859. The van der Waals surface area contributed by atoms with Gasteiger partial charge in [0, 0.05) is 12.0 Å². The topological polar surface area (TPSA) is 18.5 Å². The zero-order chi connectivity index (χ0) is 14.9. The molecule has 21 heavy (non-hydrogen) atoms. The van der Waals surface area contributed by atoms with Crippen molar-refractivity contribution in [2.24, 2.45) is 0 Å². The van der Waals surface area contributed by atoms with Crippen LogP contribution in [-0.2, 0) is 6.42 Å². The summed E-state index contributed by atoms with van der Waals surface area (Å²) in [6.45, 7) is 0.638. The second-order valence-electron chi connectivity index (χ2n) is 4.41. The molecule has 0 radical (unpaired) electrons. The number of halogens is 1. The van der Waals surface area contributed by atoms with E-state index in [-0.39, 0.29) is 0 Å². The summed E-state index contributed by atoms with van der Waals surface area (Å²) in [5, 5.41) is 0. The quantitative estimate of drug-likeness (QED) is 0.616. The lowest BCUT2D eigenvalue weighted by Crippen LogP contribution is -2.01. The van der Waals surface area contributed by atoms with E-state index in [1.54, 1.807) is 7.11 Å². The van der Waals surface area contributed by atoms with Crippen LogP contribution >= 0.6 is 11.6 Å². The fraction of sp³-hybridized carbons (Fsp3) is 0.222. The Bertz CT molecular complexity index is 606. The van der Waals surface area contributed by atoms with E-state index in [1.165, 1.54) is 5.56 Å². The van der Waals surface area contributed by atoms with Gasteiger partial charge in [-0.3, -0.25) is 0 Å². The maximum atomic E-state index is 5.72. The fourth-order valence-electron chi connectivity index (χ4n) is 1.85.